The van der Waals surface area contributed by atoms with Crippen LogP contribution in [-0.4, -0.2) is 28.2 Å². The highest BCUT2D eigenvalue weighted by Gasteiger charge is 2.36. The Labute approximate surface area is 139 Å². The van der Waals surface area contributed by atoms with Crippen molar-refractivity contribution in [2.75, 3.05) is 19.8 Å². The van der Waals surface area contributed by atoms with E-state index in [-0.39, 0.29) is 5.41 Å². The van der Waals surface area contributed by atoms with Crippen molar-refractivity contribution in [3.63, 3.8) is 0 Å². The molecule has 22 heavy (non-hydrogen) atoms. The Bertz CT molecular complexity index is 713. The molecule has 0 radical (unpaired) electrons. The maximum Gasteiger partial charge on any atom is 0.250 e. The normalized spacial score (nSPS) is 18.4. The first kappa shape index (κ1) is 16.1. The molecule has 0 aromatic carbocycles. The Morgan fingerprint density at radius 1 is 1.27 bits per heavy atom. The molecule has 2 aromatic heterocycles. The summed E-state index contributed by atoms with van der Waals surface area (Å²) in [4.78, 5) is 2.24. The van der Waals surface area contributed by atoms with Crippen molar-refractivity contribution < 1.29 is 13.2 Å². The number of sulfonamides is 1. The maximum atomic E-state index is 12.5. The molecule has 3 heterocycles. The van der Waals surface area contributed by atoms with Crippen molar-refractivity contribution in [1.29, 1.82) is 0 Å². The molecule has 7 heteroatoms. The summed E-state index contributed by atoms with van der Waals surface area (Å²) in [6.45, 7) is 3.70. The molecule has 0 unspecified atom stereocenters. The smallest absolute Gasteiger partial charge is 0.250 e. The summed E-state index contributed by atoms with van der Waals surface area (Å²) in [5.41, 5.74) is -0.147. The molecular formula is C15H19NO3S3. The van der Waals surface area contributed by atoms with Gasteiger partial charge >= 0.3 is 0 Å². The second-order valence-corrected chi connectivity index (χ2v) is 9.79. The van der Waals surface area contributed by atoms with Gasteiger partial charge in [-0.05, 0) is 43.3 Å². The number of ether oxygens (including phenoxy) is 1. The maximum absolute atomic E-state index is 12.5. The molecular weight excluding hydrogens is 338 g/mol. The highest BCUT2D eigenvalue weighted by molar-refractivity contribution is 7.91. The van der Waals surface area contributed by atoms with E-state index in [2.05, 4.69) is 10.8 Å². The Balaban J connectivity index is 1.80. The van der Waals surface area contributed by atoms with Gasteiger partial charge in [0.2, 0.25) is 10.0 Å². The fourth-order valence-corrected chi connectivity index (χ4v) is 6.16. The van der Waals surface area contributed by atoms with E-state index < -0.39 is 10.0 Å². The second kappa shape index (κ2) is 6.41. The molecule has 0 spiro atoms. The van der Waals surface area contributed by atoms with Crippen LogP contribution in [0.15, 0.2) is 33.9 Å². The average molecular weight is 358 g/mol. The van der Waals surface area contributed by atoms with Gasteiger partial charge < -0.3 is 4.74 Å². The fourth-order valence-electron chi connectivity index (χ4n) is 2.71. The van der Waals surface area contributed by atoms with Crippen molar-refractivity contribution in [2.45, 2.75) is 29.4 Å². The minimum Gasteiger partial charge on any atom is -0.381 e. The molecule has 0 amide bonds. The summed E-state index contributed by atoms with van der Waals surface area (Å²) in [5, 5.41) is 2.05. The number of hydrogen-bond acceptors (Lipinski definition) is 5. The van der Waals surface area contributed by atoms with Crippen LogP contribution in [0.1, 0.15) is 22.6 Å². The summed E-state index contributed by atoms with van der Waals surface area (Å²) in [7, 11) is -3.44. The lowest BCUT2D eigenvalue weighted by Crippen LogP contribution is -2.43. The first-order valence-corrected chi connectivity index (χ1v) is 10.4. The molecule has 1 aliphatic heterocycles. The summed E-state index contributed by atoms with van der Waals surface area (Å²) in [5.74, 6) is 0. The van der Waals surface area contributed by atoms with E-state index in [9.17, 15) is 8.42 Å². The number of aryl methyl sites for hydroxylation is 1. The van der Waals surface area contributed by atoms with Crippen LogP contribution in [0.5, 0.6) is 0 Å². The average Bonchev–Trinajstić information content (AvgIpc) is 3.18. The third-order valence-electron chi connectivity index (χ3n) is 4.07. The molecule has 1 saturated heterocycles. The SMILES string of the molecule is Cc1ccc(S(=O)(=O)NCC2(c3cccs3)CCOCC2)s1. The largest absolute Gasteiger partial charge is 0.381 e. The predicted octanol–water partition coefficient (Wildman–Crippen LogP) is 3.14. The first-order chi connectivity index (χ1) is 10.5. The fraction of sp³-hybridized carbons (Fsp3) is 0.467. The number of thiophene rings is 2. The van der Waals surface area contributed by atoms with Crippen molar-refractivity contribution in [1.82, 2.24) is 4.72 Å². The van der Waals surface area contributed by atoms with Crippen molar-refractivity contribution >= 4 is 32.7 Å². The topological polar surface area (TPSA) is 55.4 Å². The monoisotopic (exact) mass is 357 g/mol. The molecule has 1 N–H and O–H groups in total. The third kappa shape index (κ3) is 3.28. The Morgan fingerprint density at radius 3 is 2.64 bits per heavy atom. The van der Waals surface area contributed by atoms with Crippen molar-refractivity contribution in [3.05, 3.63) is 39.4 Å². The van der Waals surface area contributed by atoms with Crippen LogP contribution in [0.4, 0.5) is 0 Å². The van der Waals surface area contributed by atoms with Gasteiger partial charge in [0.05, 0.1) is 0 Å². The molecule has 0 atom stereocenters. The van der Waals surface area contributed by atoms with Gasteiger partial charge in [-0.1, -0.05) is 6.07 Å². The van der Waals surface area contributed by atoms with E-state index in [0.717, 1.165) is 17.7 Å². The van der Waals surface area contributed by atoms with Gasteiger partial charge in [0.1, 0.15) is 4.21 Å². The van der Waals surface area contributed by atoms with E-state index in [1.807, 2.05) is 24.4 Å². The van der Waals surface area contributed by atoms with Crippen LogP contribution in [0, 0.1) is 6.92 Å². The Hall–Kier alpha value is -0.730. The van der Waals surface area contributed by atoms with Crippen LogP contribution < -0.4 is 4.72 Å². The standard InChI is InChI=1S/C15H19NO3S3/c1-12-4-5-14(21-12)22(17,18)16-11-15(6-8-19-9-7-15)13-3-2-10-20-13/h2-5,10,16H,6-9,11H2,1H3. The van der Waals surface area contributed by atoms with Gasteiger partial charge in [-0.25, -0.2) is 13.1 Å². The molecule has 0 saturated carbocycles. The molecule has 2 aromatic rings. The molecule has 4 nitrogen and oxygen atoms in total. The van der Waals surface area contributed by atoms with E-state index in [0.29, 0.717) is 24.0 Å². The highest BCUT2D eigenvalue weighted by atomic mass is 32.2. The summed E-state index contributed by atoms with van der Waals surface area (Å²) in [6.07, 6.45) is 1.69. The van der Waals surface area contributed by atoms with Crippen molar-refractivity contribution in [2.24, 2.45) is 0 Å². The van der Waals surface area contributed by atoms with Crippen LogP contribution in [-0.2, 0) is 20.2 Å². The Kier molecular flexibility index (Phi) is 4.70. The zero-order valence-corrected chi connectivity index (χ0v) is 14.8. The summed E-state index contributed by atoms with van der Waals surface area (Å²) >= 11 is 3.00. The first-order valence-electron chi connectivity index (χ1n) is 7.20. The van der Waals surface area contributed by atoms with E-state index in [1.54, 1.807) is 17.4 Å². The van der Waals surface area contributed by atoms with Crippen LogP contribution >= 0.6 is 22.7 Å². The highest BCUT2D eigenvalue weighted by Crippen LogP contribution is 2.37. The van der Waals surface area contributed by atoms with Gasteiger partial charge in [0.15, 0.2) is 0 Å². The van der Waals surface area contributed by atoms with Crippen LogP contribution in [0.2, 0.25) is 0 Å². The third-order valence-corrected chi connectivity index (χ3v) is 8.08. The zero-order chi connectivity index (χ0) is 15.6. The number of hydrogen-bond donors (Lipinski definition) is 1. The summed E-state index contributed by atoms with van der Waals surface area (Å²) in [6, 6.07) is 7.63. The lowest BCUT2D eigenvalue weighted by atomic mass is 9.79. The molecule has 120 valence electrons. The Morgan fingerprint density at radius 2 is 2.05 bits per heavy atom. The van der Waals surface area contributed by atoms with Gasteiger partial charge in [0, 0.05) is 34.9 Å². The predicted molar refractivity (Wildman–Crippen MR) is 90.3 cm³/mol. The minimum absolute atomic E-state index is 0.147. The van der Waals surface area contributed by atoms with Gasteiger partial charge in [-0.2, -0.15) is 0 Å². The van der Waals surface area contributed by atoms with Crippen LogP contribution in [0.3, 0.4) is 0 Å². The molecule has 0 aliphatic carbocycles. The van der Waals surface area contributed by atoms with Gasteiger partial charge in [-0.15, -0.1) is 22.7 Å². The summed E-state index contributed by atoms with van der Waals surface area (Å²) < 4.78 is 33.6. The lowest BCUT2D eigenvalue weighted by molar-refractivity contribution is 0.0529. The van der Waals surface area contributed by atoms with Crippen LogP contribution in [0.25, 0.3) is 0 Å². The van der Waals surface area contributed by atoms with E-state index in [4.69, 9.17) is 4.74 Å². The molecule has 0 bridgehead atoms. The molecule has 1 aliphatic rings. The number of rotatable bonds is 5. The zero-order valence-electron chi connectivity index (χ0n) is 12.4. The van der Waals surface area contributed by atoms with Gasteiger partial charge in [-0.3, -0.25) is 0 Å². The van der Waals surface area contributed by atoms with E-state index in [1.165, 1.54) is 16.2 Å². The van der Waals surface area contributed by atoms with E-state index >= 15 is 0 Å². The number of nitrogens with one attached hydrogen (secondary N) is 1. The van der Waals surface area contributed by atoms with Gasteiger partial charge in [0.25, 0.3) is 0 Å². The lowest BCUT2D eigenvalue weighted by Gasteiger charge is -2.36. The molecule has 3 rings (SSSR count). The quantitative estimate of drug-likeness (QED) is 0.894. The molecule has 1 fully saturated rings. The van der Waals surface area contributed by atoms with Crippen molar-refractivity contribution in [3.8, 4) is 0 Å². The minimum atomic E-state index is -3.44. The second-order valence-electron chi connectivity index (χ2n) is 5.56.